The van der Waals surface area contributed by atoms with E-state index in [0.29, 0.717) is 31.0 Å². The highest BCUT2D eigenvalue weighted by Crippen LogP contribution is 2.32. The Morgan fingerprint density at radius 2 is 1.73 bits per heavy atom. The summed E-state index contributed by atoms with van der Waals surface area (Å²) < 4.78 is 17.8. The highest BCUT2D eigenvalue weighted by molar-refractivity contribution is 5.98. The molecule has 1 heterocycles. The van der Waals surface area contributed by atoms with Crippen LogP contribution in [0.2, 0.25) is 0 Å². The first-order chi connectivity index (χ1) is 12.7. The fraction of sp³-hybridized carbons (Fsp3) is 0.286. The molecule has 0 spiro atoms. The van der Waals surface area contributed by atoms with Crippen LogP contribution >= 0.6 is 0 Å². The van der Waals surface area contributed by atoms with Gasteiger partial charge in [0.15, 0.2) is 0 Å². The maximum atomic E-state index is 12.9. The van der Waals surface area contributed by atoms with E-state index in [9.17, 15) is 4.79 Å². The second-order valence-electron chi connectivity index (χ2n) is 6.01. The van der Waals surface area contributed by atoms with E-state index in [0.717, 1.165) is 22.2 Å². The third kappa shape index (κ3) is 3.49. The van der Waals surface area contributed by atoms with Crippen LogP contribution in [0.3, 0.4) is 0 Å². The Morgan fingerprint density at radius 3 is 2.42 bits per heavy atom. The summed E-state index contributed by atoms with van der Waals surface area (Å²) in [5.41, 5.74) is 2.80. The predicted molar refractivity (Wildman–Crippen MR) is 103 cm³/mol. The molecule has 0 atom stereocenters. The molecule has 2 aromatic carbocycles. The molecular formula is C21H23NO4. The second kappa shape index (κ2) is 8.17. The van der Waals surface area contributed by atoms with E-state index in [1.807, 2.05) is 48.5 Å². The molecule has 0 aliphatic rings. The van der Waals surface area contributed by atoms with Gasteiger partial charge in [-0.1, -0.05) is 30.3 Å². The van der Waals surface area contributed by atoms with Gasteiger partial charge in [-0.25, -0.2) is 0 Å². The van der Waals surface area contributed by atoms with Crippen molar-refractivity contribution in [2.45, 2.75) is 6.61 Å². The first kappa shape index (κ1) is 18.2. The molecule has 0 fully saturated rings. The summed E-state index contributed by atoms with van der Waals surface area (Å²) in [5, 5.41) is 1.52. The molecule has 26 heavy (non-hydrogen) atoms. The van der Waals surface area contributed by atoms with Crippen LogP contribution in [-0.2, 0) is 23.1 Å². The lowest BCUT2D eigenvalue weighted by atomic mass is 9.97. The zero-order chi connectivity index (χ0) is 18.5. The van der Waals surface area contributed by atoms with Crippen molar-refractivity contribution in [1.29, 1.82) is 0 Å². The minimum atomic E-state index is -0.0484. The molecule has 5 heteroatoms. The molecule has 3 aromatic rings. The van der Waals surface area contributed by atoms with Gasteiger partial charge in [-0.3, -0.25) is 4.79 Å². The molecule has 0 aliphatic carbocycles. The highest BCUT2D eigenvalue weighted by Gasteiger charge is 2.17. The number of ether oxygens (including phenoxy) is 3. The first-order valence-corrected chi connectivity index (χ1v) is 8.49. The van der Waals surface area contributed by atoms with Crippen LogP contribution in [-0.4, -0.2) is 32.0 Å². The average Bonchev–Trinajstić information content (AvgIpc) is 2.69. The van der Waals surface area contributed by atoms with Gasteiger partial charge in [0.1, 0.15) is 5.75 Å². The normalized spacial score (nSPS) is 11.0. The topological polar surface area (TPSA) is 49.7 Å². The molecule has 0 radical (unpaired) electrons. The molecule has 0 amide bonds. The zero-order valence-corrected chi connectivity index (χ0v) is 15.3. The molecule has 0 saturated carbocycles. The average molecular weight is 353 g/mol. The third-order valence-electron chi connectivity index (χ3n) is 4.46. The van der Waals surface area contributed by atoms with Gasteiger partial charge in [0, 0.05) is 30.5 Å². The molecule has 0 bridgehead atoms. The van der Waals surface area contributed by atoms with Crippen LogP contribution in [0.4, 0.5) is 0 Å². The molecule has 0 unspecified atom stereocenters. The van der Waals surface area contributed by atoms with E-state index in [-0.39, 0.29) is 5.56 Å². The van der Waals surface area contributed by atoms with Gasteiger partial charge in [0.2, 0.25) is 0 Å². The van der Waals surface area contributed by atoms with Gasteiger partial charge in [-0.05, 0) is 23.8 Å². The highest BCUT2D eigenvalue weighted by atomic mass is 16.5. The summed E-state index contributed by atoms with van der Waals surface area (Å²) >= 11 is 0. The fourth-order valence-corrected chi connectivity index (χ4v) is 3.08. The van der Waals surface area contributed by atoms with Crippen LogP contribution < -0.4 is 10.3 Å². The predicted octanol–water partition coefficient (Wildman–Crippen LogP) is 3.38. The van der Waals surface area contributed by atoms with Crippen LogP contribution in [0.1, 0.15) is 5.69 Å². The van der Waals surface area contributed by atoms with Crippen LogP contribution in [0.25, 0.3) is 21.9 Å². The van der Waals surface area contributed by atoms with Crippen molar-refractivity contribution in [1.82, 2.24) is 4.57 Å². The quantitative estimate of drug-likeness (QED) is 0.611. The summed E-state index contributed by atoms with van der Waals surface area (Å²) in [5.74, 6) is 0.717. The van der Waals surface area contributed by atoms with Gasteiger partial charge in [-0.2, -0.15) is 0 Å². The lowest BCUT2D eigenvalue weighted by Gasteiger charge is -2.18. The number of pyridine rings is 1. The Morgan fingerprint density at radius 1 is 0.962 bits per heavy atom. The summed E-state index contributed by atoms with van der Waals surface area (Å²) in [4.78, 5) is 12.9. The monoisotopic (exact) mass is 353 g/mol. The maximum absolute atomic E-state index is 12.9. The smallest absolute Gasteiger partial charge is 0.258 e. The lowest BCUT2D eigenvalue weighted by molar-refractivity contribution is 0.0592. The lowest BCUT2D eigenvalue weighted by Crippen LogP contribution is -2.23. The molecule has 3 rings (SSSR count). The van der Waals surface area contributed by atoms with E-state index in [1.165, 1.54) is 0 Å². The Bertz CT molecular complexity index is 948. The number of methoxy groups -OCH3 is 2. The number of fused-ring (bicyclic) bond motifs is 1. The molecule has 1 aromatic heterocycles. The number of benzene rings is 2. The number of aromatic nitrogens is 1. The van der Waals surface area contributed by atoms with Crippen molar-refractivity contribution < 1.29 is 14.2 Å². The summed E-state index contributed by atoms with van der Waals surface area (Å²) in [7, 11) is 5.05. The van der Waals surface area contributed by atoms with Gasteiger partial charge in [0.25, 0.3) is 5.56 Å². The molecular weight excluding hydrogens is 330 g/mol. The summed E-state index contributed by atoms with van der Waals surface area (Å²) in [6.45, 7) is 1.30. The number of hydrogen-bond donors (Lipinski definition) is 0. The van der Waals surface area contributed by atoms with Gasteiger partial charge < -0.3 is 18.8 Å². The van der Waals surface area contributed by atoms with Crippen molar-refractivity contribution in [3.05, 3.63) is 64.6 Å². The van der Waals surface area contributed by atoms with Crippen molar-refractivity contribution >= 4 is 10.8 Å². The standard InChI is InChI=1S/C21H23NO4/c1-22-19(14-26-12-11-24-2)20(15-7-5-4-6-8-15)18-13-16(25-3)9-10-17(18)21(22)23/h4-10,13H,11-12,14H2,1-3H3. The first-order valence-electron chi connectivity index (χ1n) is 8.49. The Labute approximate surface area is 152 Å². The molecule has 5 nitrogen and oxygen atoms in total. The van der Waals surface area contributed by atoms with E-state index >= 15 is 0 Å². The van der Waals surface area contributed by atoms with E-state index < -0.39 is 0 Å². The third-order valence-corrected chi connectivity index (χ3v) is 4.46. The van der Waals surface area contributed by atoms with Crippen molar-refractivity contribution in [2.24, 2.45) is 7.05 Å². The zero-order valence-electron chi connectivity index (χ0n) is 15.3. The summed E-state index contributed by atoms with van der Waals surface area (Å²) in [6.07, 6.45) is 0. The number of nitrogens with zero attached hydrogens (tertiary/aromatic N) is 1. The van der Waals surface area contributed by atoms with Crippen LogP contribution in [0.5, 0.6) is 5.75 Å². The molecule has 136 valence electrons. The molecule has 0 aliphatic heterocycles. The van der Waals surface area contributed by atoms with Crippen LogP contribution in [0, 0.1) is 0 Å². The maximum Gasteiger partial charge on any atom is 0.258 e. The van der Waals surface area contributed by atoms with E-state index in [2.05, 4.69) is 0 Å². The number of rotatable bonds is 7. The minimum Gasteiger partial charge on any atom is -0.497 e. The van der Waals surface area contributed by atoms with Crippen LogP contribution in [0.15, 0.2) is 53.3 Å². The molecule has 0 saturated heterocycles. The van der Waals surface area contributed by atoms with Crippen molar-refractivity contribution in [2.75, 3.05) is 27.4 Å². The van der Waals surface area contributed by atoms with Gasteiger partial charge in [-0.15, -0.1) is 0 Å². The Balaban J connectivity index is 2.25. The molecule has 0 N–H and O–H groups in total. The van der Waals surface area contributed by atoms with Crippen molar-refractivity contribution in [3.63, 3.8) is 0 Å². The largest absolute Gasteiger partial charge is 0.497 e. The Hall–Kier alpha value is -2.63. The summed E-state index contributed by atoms with van der Waals surface area (Å²) in [6, 6.07) is 15.6. The minimum absolute atomic E-state index is 0.0484. The second-order valence-corrected chi connectivity index (χ2v) is 6.01. The SMILES string of the molecule is COCCOCc1c(-c2ccccc2)c2cc(OC)ccc2c(=O)n1C. The van der Waals surface area contributed by atoms with Gasteiger partial charge >= 0.3 is 0 Å². The van der Waals surface area contributed by atoms with Crippen molar-refractivity contribution in [3.8, 4) is 16.9 Å². The van der Waals surface area contributed by atoms with Gasteiger partial charge in [0.05, 0.1) is 32.6 Å². The van der Waals surface area contributed by atoms with E-state index in [4.69, 9.17) is 14.2 Å². The Kier molecular flexibility index (Phi) is 5.71. The number of hydrogen-bond acceptors (Lipinski definition) is 4. The van der Waals surface area contributed by atoms with E-state index in [1.54, 1.807) is 25.8 Å². The fourth-order valence-electron chi connectivity index (χ4n) is 3.08.